The predicted octanol–water partition coefficient (Wildman–Crippen LogP) is 4.07. The quantitative estimate of drug-likeness (QED) is 0.766. The normalized spacial score (nSPS) is 25.2. The number of benzene rings is 1. The van der Waals surface area contributed by atoms with E-state index in [1.54, 1.807) is 0 Å². The van der Waals surface area contributed by atoms with E-state index in [1.807, 2.05) is 6.92 Å². The Morgan fingerprint density at radius 2 is 2.00 bits per heavy atom. The molecule has 27 heavy (non-hydrogen) atoms. The lowest BCUT2D eigenvalue weighted by molar-refractivity contribution is -0.145. The second-order valence-electron chi connectivity index (χ2n) is 8.75. The molecule has 3 atom stereocenters. The first-order valence-corrected chi connectivity index (χ1v) is 10.7. The maximum Gasteiger partial charge on any atom is 0.309 e. The molecule has 1 saturated carbocycles. The van der Waals surface area contributed by atoms with Crippen molar-refractivity contribution in [1.82, 2.24) is 5.32 Å². The summed E-state index contributed by atoms with van der Waals surface area (Å²) in [7, 11) is 1.49. The Labute approximate surface area is 163 Å². The fourth-order valence-corrected chi connectivity index (χ4v) is 5.06. The number of nitrogens with one attached hydrogen (secondary N) is 1. The Kier molecular flexibility index (Phi) is 5.72. The topological polar surface area (TPSA) is 47.6 Å². The van der Waals surface area contributed by atoms with E-state index in [-0.39, 0.29) is 17.8 Å². The van der Waals surface area contributed by atoms with E-state index in [0.29, 0.717) is 12.0 Å². The number of rotatable bonds is 6. The summed E-state index contributed by atoms with van der Waals surface area (Å²) in [4.78, 5) is 12.2. The van der Waals surface area contributed by atoms with Gasteiger partial charge in [-0.3, -0.25) is 4.79 Å². The molecule has 0 unspecified atom stereocenters. The molecule has 3 aliphatic rings. The Morgan fingerprint density at radius 1 is 1.22 bits per heavy atom. The van der Waals surface area contributed by atoms with Crippen LogP contribution in [0.3, 0.4) is 0 Å². The van der Waals surface area contributed by atoms with Crippen molar-refractivity contribution in [1.29, 1.82) is 0 Å². The second kappa shape index (κ2) is 8.22. The van der Waals surface area contributed by atoms with Gasteiger partial charge < -0.3 is 14.8 Å². The van der Waals surface area contributed by atoms with Gasteiger partial charge in [0.25, 0.3) is 0 Å². The summed E-state index contributed by atoms with van der Waals surface area (Å²) >= 11 is 0. The Morgan fingerprint density at radius 3 is 2.70 bits per heavy atom. The number of carbonyl (C=O) groups is 1. The summed E-state index contributed by atoms with van der Waals surface area (Å²) in [5.41, 5.74) is 2.57. The van der Waals surface area contributed by atoms with Crippen LogP contribution in [0.2, 0.25) is 0 Å². The maximum absolute atomic E-state index is 12.2. The van der Waals surface area contributed by atoms with Crippen LogP contribution < -0.4 is 10.1 Å². The average Bonchev–Trinajstić information content (AvgIpc) is 3.53. The number of hydrogen-bond donors (Lipinski definition) is 1. The minimum atomic E-state index is -0.102. The summed E-state index contributed by atoms with van der Waals surface area (Å²) < 4.78 is 11.5. The number of fused-ring (bicyclic) bond motifs is 1. The van der Waals surface area contributed by atoms with Crippen molar-refractivity contribution in [3.63, 3.8) is 0 Å². The average molecular weight is 372 g/mol. The van der Waals surface area contributed by atoms with E-state index in [0.717, 1.165) is 37.6 Å². The fourth-order valence-electron chi connectivity index (χ4n) is 5.06. The number of methoxy groups -OCH3 is 1. The smallest absolute Gasteiger partial charge is 0.309 e. The SMILES string of the molecule is COC(=O)[C@H](C)[C@H](c1ccc2c(c1)O[C@@H](CC1CCNCC1)CC2)C1CC1. The van der Waals surface area contributed by atoms with Gasteiger partial charge in [-0.2, -0.15) is 0 Å². The molecule has 0 radical (unpaired) electrons. The van der Waals surface area contributed by atoms with Crippen LogP contribution in [0, 0.1) is 17.8 Å². The van der Waals surface area contributed by atoms with Crippen LogP contribution in [-0.2, 0) is 16.0 Å². The van der Waals surface area contributed by atoms with Gasteiger partial charge in [0.15, 0.2) is 0 Å². The molecule has 0 bridgehead atoms. The number of piperidine rings is 1. The van der Waals surface area contributed by atoms with E-state index in [1.165, 1.54) is 50.3 Å². The van der Waals surface area contributed by atoms with Crippen molar-refractivity contribution < 1.29 is 14.3 Å². The maximum atomic E-state index is 12.2. The van der Waals surface area contributed by atoms with Crippen LogP contribution in [0.5, 0.6) is 5.75 Å². The predicted molar refractivity (Wildman–Crippen MR) is 106 cm³/mol. The molecule has 1 aromatic carbocycles. The van der Waals surface area contributed by atoms with Crippen molar-refractivity contribution in [2.75, 3.05) is 20.2 Å². The third-order valence-electron chi connectivity index (χ3n) is 6.80. The molecule has 2 fully saturated rings. The van der Waals surface area contributed by atoms with Gasteiger partial charge in [0, 0.05) is 0 Å². The highest BCUT2D eigenvalue weighted by Gasteiger charge is 2.39. The summed E-state index contributed by atoms with van der Waals surface area (Å²) in [5.74, 6) is 2.49. The van der Waals surface area contributed by atoms with Crippen molar-refractivity contribution in [3.05, 3.63) is 29.3 Å². The van der Waals surface area contributed by atoms with E-state index in [4.69, 9.17) is 9.47 Å². The first-order chi connectivity index (χ1) is 13.2. The second-order valence-corrected chi connectivity index (χ2v) is 8.75. The molecule has 4 nitrogen and oxygen atoms in total. The van der Waals surface area contributed by atoms with Gasteiger partial charge in [-0.25, -0.2) is 0 Å². The van der Waals surface area contributed by atoms with E-state index < -0.39 is 0 Å². The lowest BCUT2D eigenvalue weighted by Gasteiger charge is -2.32. The highest BCUT2D eigenvalue weighted by atomic mass is 16.5. The van der Waals surface area contributed by atoms with E-state index in [9.17, 15) is 4.79 Å². The molecule has 2 aliphatic heterocycles. The number of esters is 1. The summed E-state index contributed by atoms with van der Waals surface area (Å²) in [5, 5.41) is 3.45. The molecule has 0 aromatic heterocycles. The van der Waals surface area contributed by atoms with Crippen molar-refractivity contribution >= 4 is 5.97 Å². The largest absolute Gasteiger partial charge is 0.490 e. The molecule has 4 rings (SSSR count). The van der Waals surface area contributed by atoms with Crippen molar-refractivity contribution in [2.24, 2.45) is 17.8 Å². The summed E-state index contributed by atoms with van der Waals surface area (Å²) in [6.45, 7) is 4.30. The van der Waals surface area contributed by atoms with Gasteiger partial charge >= 0.3 is 5.97 Å². The van der Waals surface area contributed by atoms with Gasteiger partial charge in [0.1, 0.15) is 5.75 Å². The molecule has 1 saturated heterocycles. The van der Waals surface area contributed by atoms with Gasteiger partial charge in [-0.15, -0.1) is 0 Å². The molecule has 0 amide bonds. The molecule has 1 N–H and O–H groups in total. The molecular weight excluding hydrogens is 338 g/mol. The first kappa shape index (κ1) is 18.8. The van der Waals surface area contributed by atoms with Gasteiger partial charge in [0.05, 0.1) is 19.1 Å². The van der Waals surface area contributed by atoms with Gasteiger partial charge in [-0.05, 0) is 93.0 Å². The summed E-state index contributed by atoms with van der Waals surface area (Å²) in [6, 6.07) is 6.68. The zero-order valence-corrected chi connectivity index (χ0v) is 16.7. The molecular formula is C23H33NO3. The molecule has 2 heterocycles. The zero-order valence-electron chi connectivity index (χ0n) is 16.7. The third kappa shape index (κ3) is 4.31. The van der Waals surface area contributed by atoms with Gasteiger partial charge in [0.2, 0.25) is 0 Å². The Hall–Kier alpha value is -1.55. The van der Waals surface area contributed by atoms with Crippen LogP contribution in [0.15, 0.2) is 18.2 Å². The van der Waals surface area contributed by atoms with Gasteiger partial charge in [-0.1, -0.05) is 19.1 Å². The van der Waals surface area contributed by atoms with Crippen LogP contribution in [0.1, 0.15) is 62.5 Å². The van der Waals surface area contributed by atoms with Crippen LogP contribution in [-0.4, -0.2) is 32.3 Å². The highest BCUT2D eigenvalue weighted by Crippen LogP contribution is 2.48. The molecule has 1 aliphatic carbocycles. The van der Waals surface area contributed by atoms with Crippen LogP contribution in [0.25, 0.3) is 0 Å². The number of aryl methyl sites for hydroxylation is 1. The third-order valence-corrected chi connectivity index (χ3v) is 6.80. The molecule has 0 spiro atoms. The minimum Gasteiger partial charge on any atom is -0.490 e. The zero-order chi connectivity index (χ0) is 18.8. The first-order valence-electron chi connectivity index (χ1n) is 10.7. The standard InChI is InChI=1S/C23H33NO3/c1-15(23(25)26-2)22(18-4-5-18)19-6-3-17-7-8-20(27-21(17)14-19)13-16-9-11-24-12-10-16/h3,6,14-16,18,20,22,24H,4-5,7-13H2,1-2H3/t15-,20-,22+/m1/s1. The molecule has 1 aromatic rings. The van der Waals surface area contributed by atoms with Crippen LogP contribution >= 0.6 is 0 Å². The molecule has 148 valence electrons. The number of carbonyl (C=O) groups excluding carboxylic acids is 1. The van der Waals surface area contributed by atoms with E-state index in [2.05, 4.69) is 23.5 Å². The summed E-state index contributed by atoms with van der Waals surface area (Å²) in [6.07, 6.45) is 8.71. The Bertz CT molecular complexity index is 664. The van der Waals surface area contributed by atoms with Crippen molar-refractivity contribution in [3.8, 4) is 5.75 Å². The van der Waals surface area contributed by atoms with Crippen molar-refractivity contribution in [2.45, 2.75) is 63.9 Å². The minimum absolute atomic E-state index is 0.102. The number of hydrogen-bond acceptors (Lipinski definition) is 4. The highest BCUT2D eigenvalue weighted by molar-refractivity contribution is 5.73. The molecule has 4 heteroatoms. The monoisotopic (exact) mass is 371 g/mol. The van der Waals surface area contributed by atoms with Crippen LogP contribution in [0.4, 0.5) is 0 Å². The fraction of sp³-hybridized carbons (Fsp3) is 0.696. The lowest BCUT2D eigenvalue weighted by atomic mass is 9.82. The lowest BCUT2D eigenvalue weighted by Crippen LogP contribution is -2.32. The Balaban J connectivity index is 1.48. The van der Waals surface area contributed by atoms with E-state index >= 15 is 0 Å². The number of ether oxygens (including phenoxy) is 2.